The molecule has 86 valence electrons. The molecule has 1 unspecified atom stereocenters. The van der Waals surface area contributed by atoms with E-state index in [0.29, 0.717) is 0 Å². The van der Waals surface area contributed by atoms with Crippen molar-refractivity contribution >= 4 is 28.6 Å². The molecule has 1 aliphatic heterocycles. The van der Waals surface area contributed by atoms with Crippen molar-refractivity contribution < 1.29 is 9.90 Å². The lowest BCUT2D eigenvalue weighted by Crippen LogP contribution is -2.35. The van der Waals surface area contributed by atoms with Crippen LogP contribution in [0.4, 0.5) is 0 Å². The molecule has 0 radical (unpaired) electrons. The molecule has 1 atom stereocenters. The van der Waals surface area contributed by atoms with Crippen molar-refractivity contribution in [1.29, 1.82) is 0 Å². The van der Waals surface area contributed by atoms with E-state index in [4.69, 9.17) is 5.11 Å². The number of rotatable bonds is 3. The Kier molecular flexibility index (Phi) is 3.81. The second-order valence-electron chi connectivity index (χ2n) is 4.06. The summed E-state index contributed by atoms with van der Waals surface area (Å²) in [5.74, 6) is -0.691. The Morgan fingerprint density at radius 2 is 2.25 bits per heavy atom. The molecule has 0 aromatic heterocycles. The molecular weight excluding hydrogens is 317 g/mol. The zero-order chi connectivity index (χ0) is 11.5. The normalized spacial score (nSPS) is 21.2. The molecule has 1 fully saturated rings. The van der Waals surface area contributed by atoms with Gasteiger partial charge in [0.25, 0.3) is 0 Å². The first-order valence-electron chi connectivity index (χ1n) is 5.39. The van der Waals surface area contributed by atoms with E-state index in [1.54, 1.807) is 0 Å². The van der Waals surface area contributed by atoms with E-state index >= 15 is 0 Å². The van der Waals surface area contributed by atoms with E-state index in [1.165, 1.54) is 9.13 Å². The van der Waals surface area contributed by atoms with Crippen LogP contribution in [0.25, 0.3) is 0 Å². The van der Waals surface area contributed by atoms with Gasteiger partial charge in [-0.15, -0.1) is 0 Å². The molecule has 0 spiro atoms. The van der Waals surface area contributed by atoms with Crippen LogP contribution in [0.1, 0.15) is 18.4 Å². The van der Waals surface area contributed by atoms with Crippen molar-refractivity contribution in [1.82, 2.24) is 4.90 Å². The van der Waals surface area contributed by atoms with Gasteiger partial charge < -0.3 is 5.11 Å². The van der Waals surface area contributed by atoms with Crippen LogP contribution < -0.4 is 0 Å². The molecule has 16 heavy (non-hydrogen) atoms. The lowest BCUT2D eigenvalue weighted by atomic mass is 10.2. The van der Waals surface area contributed by atoms with Gasteiger partial charge >= 0.3 is 5.97 Å². The first kappa shape index (κ1) is 11.9. The molecule has 3 nitrogen and oxygen atoms in total. The minimum Gasteiger partial charge on any atom is -0.480 e. The van der Waals surface area contributed by atoms with Crippen molar-refractivity contribution in [2.75, 3.05) is 6.54 Å². The molecular formula is C12H14INO2. The minimum atomic E-state index is -0.691. The van der Waals surface area contributed by atoms with E-state index in [2.05, 4.69) is 39.6 Å². The molecule has 0 saturated carbocycles. The third-order valence-corrected chi connectivity index (χ3v) is 4.03. The lowest BCUT2D eigenvalue weighted by molar-refractivity contribution is -0.142. The number of nitrogens with zero attached hydrogens (tertiary/aromatic N) is 1. The number of hydrogen-bond acceptors (Lipinski definition) is 2. The maximum absolute atomic E-state index is 11.0. The summed E-state index contributed by atoms with van der Waals surface area (Å²) in [5, 5.41) is 9.09. The monoisotopic (exact) mass is 331 g/mol. The zero-order valence-electron chi connectivity index (χ0n) is 8.90. The van der Waals surface area contributed by atoms with Crippen LogP contribution in [-0.2, 0) is 11.3 Å². The van der Waals surface area contributed by atoms with Crippen LogP contribution >= 0.6 is 22.6 Å². The van der Waals surface area contributed by atoms with Crippen LogP contribution in [0.3, 0.4) is 0 Å². The highest BCUT2D eigenvalue weighted by atomic mass is 127. The number of carboxylic acid groups (broad SMARTS) is 1. The summed E-state index contributed by atoms with van der Waals surface area (Å²) in [5.41, 5.74) is 1.22. The molecule has 1 heterocycles. The maximum atomic E-state index is 11.0. The van der Waals surface area contributed by atoms with Crippen molar-refractivity contribution in [3.05, 3.63) is 33.4 Å². The molecule has 2 rings (SSSR count). The predicted octanol–water partition coefficient (Wildman–Crippen LogP) is 2.34. The van der Waals surface area contributed by atoms with Gasteiger partial charge in [0.15, 0.2) is 0 Å². The second-order valence-corrected chi connectivity index (χ2v) is 5.22. The number of halogens is 1. The molecule has 1 aromatic rings. The Bertz CT molecular complexity index is 394. The first-order chi connectivity index (χ1) is 7.68. The summed E-state index contributed by atoms with van der Waals surface area (Å²) in [6.45, 7) is 1.64. The van der Waals surface area contributed by atoms with Crippen molar-refractivity contribution in [3.63, 3.8) is 0 Å². The highest BCUT2D eigenvalue weighted by Gasteiger charge is 2.30. The number of hydrogen-bond donors (Lipinski definition) is 1. The summed E-state index contributed by atoms with van der Waals surface area (Å²) in [7, 11) is 0. The van der Waals surface area contributed by atoms with E-state index in [0.717, 1.165) is 25.9 Å². The standard InChI is InChI=1S/C12H14INO2/c13-10-5-2-1-4-9(10)8-14-7-3-6-11(14)12(15)16/h1-2,4-5,11H,3,6-8H2,(H,15,16). The molecule has 0 bridgehead atoms. The lowest BCUT2D eigenvalue weighted by Gasteiger charge is -2.21. The van der Waals surface area contributed by atoms with Gasteiger partial charge in [-0.1, -0.05) is 18.2 Å². The Morgan fingerprint density at radius 1 is 1.50 bits per heavy atom. The third kappa shape index (κ3) is 2.55. The number of likely N-dealkylation sites (tertiary alicyclic amines) is 1. The van der Waals surface area contributed by atoms with Gasteiger partial charge in [0, 0.05) is 10.1 Å². The van der Waals surface area contributed by atoms with Crippen molar-refractivity contribution in [2.24, 2.45) is 0 Å². The van der Waals surface area contributed by atoms with Gasteiger partial charge in [-0.05, 0) is 53.6 Å². The number of carboxylic acids is 1. The molecule has 0 aliphatic carbocycles. The summed E-state index contributed by atoms with van der Waals surface area (Å²) in [6.07, 6.45) is 1.76. The quantitative estimate of drug-likeness (QED) is 0.865. The number of carbonyl (C=O) groups is 1. The van der Waals surface area contributed by atoms with Gasteiger partial charge in [-0.2, -0.15) is 0 Å². The predicted molar refractivity (Wildman–Crippen MR) is 70.2 cm³/mol. The fourth-order valence-electron chi connectivity index (χ4n) is 2.14. The SMILES string of the molecule is O=C(O)C1CCCN1Cc1ccccc1I. The Balaban J connectivity index is 2.10. The average molecular weight is 331 g/mol. The molecule has 1 aromatic carbocycles. The topological polar surface area (TPSA) is 40.5 Å². The smallest absolute Gasteiger partial charge is 0.320 e. The van der Waals surface area contributed by atoms with Crippen molar-refractivity contribution in [3.8, 4) is 0 Å². The largest absolute Gasteiger partial charge is 0.480 e. The maximum Gasteiger partial charge on any atom is 0.320 e. The average Bonchev–Trinajstić information content (AvgIpc) is 2.69. The fraction of sp³-hybridized carbons (Fsp3) is 0.417. The highest BCUT2D eigenvalue weighted by Crippen LogP contribution is 2.22. The van der Waals surface area contributed by atoms with Crippen molar-refractivity contribution in [2.45, 2.75) is 25.4 Å². The Hall–Kier alpha value is -0.620. The molecule has 1 N–H and O–H groups in total. The molecule has 4 heteroatoms. The van der Waals surface area contributed by atoms with Gasteiger partial charge in [0.1, 0.15) is 6.04 Å². The first-order valence-corrected chi connectivity index (χ1v) is 6.46. The highest BCUT2D eigenvalue weighted by molar-refractivity contribution is 14.1. The Morgan fingerprint density at radius 3 is 2.94 bits per heavy atom. The van der Waals surface area contributed by atoms with E-state index in [-0.39, 0.29) is 6.04 Å². The zero-order valence-corrected chi connectivity index (χ0v) is 11.1. The van der Waals surface area contributed by atoms with Gasteiger partial charge in [0.05, 0.1) is 0 Å². The van der Waals surface area contributed by atoms with Crippen LogP contribution in [0.5, 0.6) is 0 Å². The van der Waals surface area contributed by atoms with E-state index in [1.807, 2.05) is 12.1 Å². The number of aliphatic carboxylic acids is 1. The summed E-state index contributed by atoms with van der Waals surface area (Å²) in [6, 6.07) is 7.84. The summed E-state index contributed by atoms with van der Waals surface area (Å²) >= 11 is 2.30. The van der Waals surface area contributed by atoms with Crippen LogP contribution in [-0.4, -0.2) is 28.6 Å². The third-order valence-electron chi connectivity index (χ3n) is 2.98. The van der Waals surface area contributed by atoms with E-state index in [9.17, 15) is 4.79 Å². The minimum absolute atomic E-state index is 0.295. The molecule has 0 amide bonds. The van der Waals surface area contributed by atoms with E-state index < -0.39 is 5.97 Å². The van der Waals surface area contributed by atoms with Crippen LogP contribution in [0.15, 0.2) is 24.3 Å². The van der Waals surface area contributed by atoms with Gasteiger partial charge in [-0.3, -0.25) is 9.69 Å². The van der Waals surface area contributed by atoms with Crippen LogP contribution in [0, 0.1) is 3.57 Å². The number of benzene rings is 1. The van der Waals surface area contributed by atoms with Gasteiger partial charge in [0.2, 0.25) is 0 Å². The fourth-order valence-corrected chi connectivity index (χ4v) is 2.70. The summed E-state index contributed by atoms with van der Waals surface area (Å²) < 4.78 is 1.20. The van der Waals surface area contributed by atoms with Gasteiger partial charge in [-0.25, -0.2) is 0 Å². The molecule has 1 saturated heterocycles. The second kappa shape index (κ2) is 5.14. The molecule has 1 aliphatic rings. The van der Waals surface area contributed by atoms with Crippen LogP contribution in [0.2, 0.25) is 0 Å². The Labute approximate surface area is 109 Å². The summed E-state index contributed by atoms with van der Waals surface area (Å²) in [4.78, 5) is 13.1.